The lowest BCUT2D eigenvalue weighted by molar-refractivity contribution is -0.147. The summed E-state index contributed by atoms with van der Waals surface area (Å²) in [6, 6.07) is 2.90. The summed E-state index contributed by atoms with van der Waals surface area (Å²) in [6.07, 6.45) is 2.51. The van der Waals surface area contributed by atoms with Crippen LogP contribution in [0.15, 0.2) is 12.1 Å². The Morgan fingerprint density at radius 3 is 2.38 bits per heavy atom. The van der Waals surface area contributed by atoms with Crippen molar-refractivity contribution in [2.75, 3.05) is 13.2 Å². The zero-order chi connectivity index (χ0) is 19.3. The second kappa shape index (κ2) is 8.44. The molecule has 8 heteroatoms. The Kier molecular flexibility index (Phi) is 6.52. The predicted octanol–water partition coefficient (Wildman–Crippen LogP) is 2.67. The highest BCUT2D eigenvalue weighted by Gasteiger charge is 2.50. The van der Waals surface area contributed by atoms with Gasteiger partial charge >= 0.3 is 12.0 Å². The zero-order valence-corrected chi connectivity index (χ0v) is 16.1. The maximum atomic E-state index is 12.7. The number of hydrogen-bond donors (Lipinski definition) is 1. The lowest BCUT2D eigenvalue weighted by Crippen LogP contribution is -2.47. The van der Waals surface area contributed by atoms with Crippen molar-refractivity contribution in [3.05, 3.63) is 21.9 Å². The standard InChI is InChI=1S/C18H24N2O5S/c1-4-8-18(9-5-2)16(23)20(17(24)19-18)10-15(22)25-11-13(21)14-7-6-12(3)26-14/h6-7H,4-5,8-11H2,1-3H3,(H,19,24). The van der Waals surface area contributed by atoms with Crippen LogP contribution in [0.3, 0.4) is 0 Å². The number of urea groups is 1. The topological polar surface area (TPSA) is 92.8 Å². The molecule has 0 unspecified atom stereocenters. The highest BCUT2D eigenvalue weighted by atomic mass is 32.1. The van der Waals surface area contributed by atoms with Gasteiger partial charge in [0.05, 0.1) is 4.88 Å². The van der Waals surface area contributed by atoms with Crippen molar-refractivity contribution in [2.24, 2.45) is 0 Å². The van der Waals surface area contributed by atoms with Gasteiger partial charge in [-0.2, -0.15) is 0 Å². The number of nitrogens with one attached hydrogen (secondary N) is 1. The zero-order valence-electron chi connectivity index (χ0n) is 15.3. The van der Waals surface area contributed by atoms with E-state index in [1.54, 1.807) is 6.07 Å². The van der Waals surface area contributed by atoms with Gasteiger partial charge in [0.1, 0.15) is 12.1 Å². The van der Waals surface area contributed by atoms with E-state index in [9.17, 15) is 19.2 Å². The van der Waals surface area contributed by atoms with Gasteiger partial charge in [-0.25, -0.2) is 4.79 Å². The van der Waals surface area contributed by atoms with Gasteiger partial charge in [-0.05, 0) is 31.9 Å². The third-order valence-electron chi connectivity index (χ3n) is 4.27. The molecule has 2 rings (SSSR count). The minimum absolute atomic E-state index is 0.306. The first-order valence-corrected chi connectivity index (χ1v) is 9.54. The second-order valence-corrected chi connectivity index (χ2v) is 7.69. The number of imide groups is 1. The van der Waals surface area contributed by atoms with E-state index in [1.165, 1.54) is 11.3 Å². The number of hydrogen-bond acceptors (Lipinski definition) is 6. The average molecular weight is 380 g/mol. The average Bonchev–Trinajstić information content (AvgIpc) is 3.11. The molecule has 3 amide bonds. The normalized spacial score (nSPS) is 15.9. The smallest absolute Gasteiger partial charge is 0.326 e. The summed E-state index contributed by atoms with van der Waals surface area (Å²) in [5.74, 6) is -1.48. The van der Waals surface area contributed by atoms with Crippen LogP contribution in [0, 0.1) is 6.92 Å². The SMILES string of the molecule is CCCC1(CCC)NC(=O)N(CC(=O)OCC(=O)c2ccc(C)s2)C1=O. The van der Waals surface area contributed by atoms with E-state index >= 15 is 0 Å². The van der Waals surface area contributed by atoms with Crippen LogP contribution < -0.4 is 5.32 Å². The minimum atomic E-state index is -0.939. The number of ether oxygens (including phenoxy) is 1. The molecule has 142 valence electrons. The Morgan fingerprint density at radius 1 is 1.19 bits per heavy atom. The van der Waals surface area contributed by atoms with Gasteiger partial charge in [-0.1, -0.05) is 26.7 Å². The number of amides is 3. The van der Waals surface area contributed by atoms with Crippen LogP contribution in [-0.4, -0.2) is 47.3 Å². The Balaban J connectivity index is 1.94. The first-order chi connectivity index (χ1) is 12.3. The Morgan fingerprint density at radius 2 is 1.85 bits per heavy atom. The number of nitrogens with zero attached hydrogens (tertiary/aromatic N) is 1. The largest absolute Gasteiger partial charge is 0.456 e. The summed E-state index contributed by atoms with van der Waals surface area (Å²) >= 11 is 1.32. The van der Waals surface area contributed by atoms with Crippen LogP contribution in [0.1, 0.15) is 54.1 Å². The number of carbonyl (C=O) groups excluding carboxylic acids is 4. The fourth-order valence-electron chi connectivity index (χ4n) is 3.11. The molecule has 1 aromatic heterocycles. The minimum Gasteiger partial charge on any atom is -0.456 e. The van der Waals surface area contributed by atoms with Gasteiger partial charge in [0.15, 0.2) is 6.61 Å². The van der Waals surface area contributed by atoms with Gasteiger partial charge < -0.3 is 10.1 Å². The van der Waals surface area contributed by atoms with Crippen LogP contribution in [0.4, 0.5) is 4.79 Å². The third-order valence-corrected chi connectivity index (χ3v) is 5.31. The summed E-state index contributed by atoms with van der Waals surface area (Å²) in [4.78, 5) is 51.2. The summed E-state index contributed by atoms with van der Waals surface area (Å²) in [5, 5.41) is 2.73. The van der Waals surface area contributed by atoms with Gasteiger partial charge in [0.25, 0.3) is 5.91 Å². The van der Waals surface area contributed by atoms with E-state index in [1.807, 2.05) is 26.8 Å². The number of carbonyl (C=O) groups is 4. The molecule has 1 fully saturated rings. The maximum absolute atomic E-state index is 12.7. The number of ketones is 1. The van der Waals surface area contributed by atoms with Crippen LogP contribution >= 0.6 is 11.3 Å². The number of aryl methyl sites for hydroxylation is 1. The van der Waals surface area contributed by atoms with Crippen molar-refractivity contribution in [1.29, 1.82) is 0 Å². The molecule has 0 saturated carbocycles. The Bertz CT molecular complexity index is 706. The summed E-state index contributed by atoms with van der Waals surface area (Å²) in [6.45, 7) is 4.86. The van der Waals surface area contributed by atoms with E-state index in [0.29, 0.717) is 17.7 Å². The molecule has 1 aliphatic rings. The molecule has 1 saturated heterocycles. The quantitative estimate of drug-likeness (QED) is 0.404. The first-order valence-electron chi connectivity index (χ1n) is 8.72. The molecule has 1 aliphatic heterocycles. The molecule has 0 radical (unpaired) electrons. The van der Waals surface area contributed by atoms with Crippen molar-refractivity contribution in [3.8, 4) is 0 Å². The number of Topliss-reactive ketones (excluding diaryl/α,β-unsaturated/α-hetero) is 1. The second-order valence-electron chi connectivity index (χ2n) is 6.40. The van der Waals surface area contributed by atoms with Crippen molar-refractivity contribution < 1.29 is 23.9 Å². The molecule has 0 aliphatic carbocycles. The number of rotatable bonds is 9. The van der Waals surface area contributed by atoms with E-state index in [-0.39, 0.29) is 5.78 Å². The van der Waals surface area contributed by atoms with Gasteiger partial charge in [0, 0.05) is 4.88 Å². The molecular formula is C18H24N2O5S. The van der Waals surface area contributed by atoms with Gasteiger partial charge in [0.2, 0.25) is 5.78 Å². The predicted molar refractivity (Wildman–Crippen MR) is 97.1 cm³/mol. The lowest BCUT2D eigenvalue weighted by Gasteiger charge is -2.25. The number of thiophene rings is 1. The molecule has 2 heterocycles. The van der Waals surface area contributed by atoms with Crippen molar-refractivity contribution >= 4 is 35.0 Å². The highest BCUT2D eigenvalue weighted by molar-refractivity contribution is 7.14. The van der Waals surface area contributed by atoms with Crippen LogP contribution in [0.25, 0.3) is 0 Å². The van der Waals surface area contributed by atoms with Crippen LogP contribution in [0.2, 0.25) is 0 Å². The molecule has 0 aromatic carbocycles. The fraction of sp³-hybridized carbons (Fsp3) is 0.556. The van der Waals surface area contributed by atoms with Crippen molar-refractivity contribution in [2.45, 2.75) is 52.0 Å². The lowest BCUT2D eigenvalue weighted by atomic mass is 9.88. The van der Waals surface area contributed by atoms with Crippen molar-refractivity contribution in [1.82, 2.24) is 10.2 Å². The fourth-order valence-corrected chi connectivity index (χ4v) is 3.91. The monoisotopic (exact) mass is 380 g/mol. The van der Waals surface area contributed by atoms with Crippen molar-refractivity contribution in [3.63, 3.8) is 0 Å². The van der Waals surface area contributed by atoms with Gasteiger partial charge in [-0.15, -0.1) is 11.3 Å². The molecule has 7 nitrogen and oxygen atoms in total. The summed E-state index contributed by atoms with van der Waals surface area (Å²) < 4.78 is 4.96. The molecular weight excluding hydrogens is 356 g/mol. The summed E-state index contributed by atoms with van der Waals surface area (Å²) in [7, 11) is 0. The van der Waals surface area contributed by atoms with Crippen LogP contribution in [0.5, 0.6) is 0 Å². The molecule has 0 bridgehead atoms. The highest BCUT2D eigenvalue weighted by Crippen LogP contribution is 2.28. The number of esters is 1. The van der Waals surface area contributed by atoms with Gasteiger partial charge in [-0.3, -0.25) is 19.3 Å². The van der Waals surface area contributed by atoms with E-state index in [2.05, 4.69) is 5.32 Å². The Hall–Kier alpha value is -2.22. The van der Waals surface area contributed by atoms with Crippen LogP contribution in [-0.2, 0) is 14.3 Å². The Labute approximate surface area is 156 Å². The molecule has 1 N–H and O–H groups in total. The molecule has 1 aromatic rings. The maximum Gasteiger partial charge on any atom is 0.326 e. The molecule has 26 heavy (non-hydrogen) atoms. The molecule has 0 atom stereocenters. The van der Waals surface area contributed by atoms with E-state index in [4.69, 9.17) is 4.74 Å². The summed E-state index contributed by atoms with van der Waals surface area (Å²) in [5.41, 5.74) is -0.939. The third kappa shape index (κ3) is 4.30. The van der Waals surface area contributed by atoms with E-state index < -0.39 is 36.6 Å². The van der Waals surface area contributed by atoms with E-state index in [0.717, 1.165) is 22.6 Å². The first kappa shape index (κ1) is 20.1. The molecule has 0 spiro atoms.